The Hall–Kier alpha value is -4.22. The molecule has 2 aliphatic heterocycles. The van der Waals surface area contributed by atoms with E-state index < -0.39 is 23.2 Å². The van der Waals surface area contributed by atoms with Gasteiger partial charge >= 0.3 is 6.01 Å². The molecule has 0 radical (unpaired) electrons. The molecule has 1 atom stereocenters. The average Bonchev–Trinajstić information content (AvgIpc) is 3.52. The monoisotopic (exact) mass is 596 g/mol. The van der Waals surface area contributed by atoms with Gasteiger partial charge in [-0.25, -0.2) is 14.4 Å². The number of fused-ring (bicyclic) bond motifs is 4. The number of rotatable bonds is 6. The number of imidazole rings is 1. The summed E-state index contributed by atoms with van der Waals surface area (Å²) >= 11 is 12.5. The number of hydrogen-bond donors (Lipinski definition) is 1. The third-order valence-corrected chi connectivity index (χ3v) is 7.46. The average molecular weight is 597 g/mol. The first-order valence-corrected chi connectivity index (χ1v) is 13.5. The molecule has 4 heterocycles. The van der Waals surface area contributed by atoms with Crippen molar-refractivity contribution < 1.29 is 23.5 Å². The minimum Gasteiger partial charge on any atom is -0.480 e. The van der Waals surface area contributed by atoms with Gasteiger partial charge in [0.2, 0.25) is 5.88 Å². The Morgan fingerprint density at radius 3 is 2.56 bits per heavy atom. The largest absolute Gasteiger partial charge is 0.480 e. The van der Waals surface area contributed by atoms with Crippen LogP contribution in [0.4, 0.5) is 15.8 Å². The standard InChI is InChI=1S/C28H23Cl2FN6O4/c1-5-41-27-32-12-18(24(35-27)40-4)23-34-21-22(36(23)13(2)3)28(19-7-6-14(29)10-20(19)33-26(28)39)37(25(21)38)17-9-15(30)8-16(31)11-17/h6-13H,5H2,1-4H3,(H,33,39)/t28-/m1/s1. The lowest BCUT2D eigenvalue weighted by molar-refractivity contribution is -0.119. The van der Waals surface area contributed by atoms with Gasteiger partial charge in [0, 0.05) is 33.5 Å². The van der Waals surface area contributed by atoms with Crippen molar-refractivity contribution in [1.82, 2.24) is 19.5 Å². The van der Waals surface area contributed by atoms with Crippen LogP contribution in [0.25, 0.3) is 11.4 Å². The molecule has 13 heteroatoms. The van der Waals surface area contributed by atoms with E-state index in [9.17, 15) is 14.0 Å². The van der Waals surface area contributed by atoms with Crippen LogP contribution >= 0.6 is 23.2 Å². The molecule has 2 aliphatic rings. The van der Waals surface area contributed by atoms with Gasteiger partial charge in [0.25, 0.3) is 11.8 Å². The first-order chi connectivity index (χ1) is 19.6. The molecule has 6 rings (SSSR count). The highest BCUT2D eigenvalue weighted by Gasteiger charge is 2.64. The van der Waals surface area contributed by atoms with Crippen molar-refractivity contribution in [2.75, 3.05) is 23.9 Å². The van der Waals surface area contributed by atoms with Crippen molar-refractivity contribution >= 4 is 46.4 Å². The number of anilines is 2. The number of nitrogens with zero attached hydrogens (tertiary/aromatic N) is 5. The van der Waals surface area contributed by atoms with Crippen LogP contribution in [0.1, 0.15) is 48.6 Å². The lowest BCUT2D eigenvalue weighted by Crippen LogP contribution is -2.51. The Morgan fingerprint density at radius 1 is 1.10 bits per heavy atom. The molecular weight excluding hydrogens is 574 g/mol. The Labute approximate surface area is 244 Å². The lowest BCUT2D eigenvalue weighted by atomic mass is 9.87. The van der Waals surface area contributed by atoms with Crippen LogP contribution in [0.3, 0.4) is 0 Å². The normalized spacial score (nSPS) is 17.3. The highest BCUT2D eigenvalue weighted by atomic mass is 35.5. The van der Waals surface area contributed by atoms with Crippen molar-refractivity contribution in [2.45, 2.75) is 32.4 Å². The second-order valence-electron chi connectivity index (χ2n) is 9.73. The maximum atomic E-state index is 14.6. The number of carbonyl (C=O) groups excluding carboxylic acids is 2. The second-order valence-corrected chi connectivity index (χ2v) is 10.6. The van der Waals surface area contributed by atoms with Crippen LogP contribution in [0.5, 0.6) is 11.9 Å². The number of halogens is 3. The molecule has 0 saturated heterocycles. The van der Waals surface area contributed by atoms with E-state index in [-0.39, 0.29) is 34.3 Å². The number of aromatic nitrogens is 4. The molecule has 10 nitrogen and oxygen atoms in total. The fourth-order valence-corrected chi connectivity index (χ4v) is 5.94. The predicted molar refractivity (Wildman–Crippen MR) is 150 cm³/mol. The molecule has 0 fully saturated rings. The fraction of sp³-hybridized carbons (Fsp3) is 0.250. The Kier molecular flexibility index (Phi) is 6.39. The van der Waals surface area contributed by atoms with Crippen LogP contribution in [0.15, 0.2) is 42.6 Å². The summed E-state index contributed by atoms with van der Waals surface area (Å²) in [5.74, 6) is -1.34. The zero-order chi connectivity index (χ0) is 29.2. The molecule has 41 heavy (non-hydrogen) atoms. The summed E-state index contributed by atoms with van der Waals surface area (Å²) in [6.07, 6.45) is 1.50. The molecule has 1 N–H and O–H groups in total. The van der Waals surface area contributed by atoms with E-state index in [0.29, 0.717) is 40.0 Å². The molecule has 2 aromatic heterocycles. The molecule has 0 unspecified atom stereocenters. The van der Waals surface area contributed by atoms with Gasteiger partial charge in [-0.15, -0.1) is 0 Å². The molecule has 2 amide bonds. The van der Waals surface area contributed by atoms with Gasteiger partial charge in [-0.05, 0) is 51.1 Å². The summed E-state index contributed by atoms with van der Waals surface area (Å²) < 4.78 is 27.4. The highest BCUT2D eigenvalue weighted by Crippen LogP contribution is 2.54. The van der Waals surface area contributed by atoms with Gasteiger partial charge in [0.1, 0.15) is 11.6 Å². The molecule has 0 saturated carbocycles. The summed E-state index contributed by atoms with van der Waals surface area (Å²) in [4.78, 5) is 43.1. The van der Waals surface area contributed by atoms with Gasteiger partial charge in [0.05, 0.1) is 30.7 Å². The van der Waals surface area contributed by atoms with Crippen molar-refractivity contribution in [3.8, 4) is 23.3 Å². The van der Waals surface area contributed by atoms with Crippen LogP contribution in [-0.4, -0.2) is 45.1 Å². The van der Waals surface area contributed by atoms with Crippen molar-refractivity contribution in [1.29, 1.82) is 0 Å². The molecule has 1 spiro atoms. The van der Waals surface area contributed by atoms with Crippen LogP contribution in [0, 0.1) is 5.82 Å². The minimum absolute atomic E-state index is 0.00275. The number of hydrogen-bond acceptors (Lipinski definition) is 7. The third-order valence-electron chi connectivity index (χ3n) is 7.00. The van der Waals surface area contributed by atoms with Gasteiger partial charge in [-0.1, -0.05) is 29.3 Å². The van der Waals surface area contributed by atoms with E-state index in [2.05, 4.69) is 15.3 Å². The van der Waals surface area contributed by atoms with E-state index in [4.69, 9.17) is 37.7 Å². The summed E-state index contributed by atoms with van der Waals surface area (Å²) in [7, 11) is 1.45. The first-order valence-electron chi connectivity index (χ1n) is 12.7. The molecule has 0 aliphatic carbocycles. The number of carbonyl (C=O) groups is 2. The van der Waals surface area contributed by atoms with E-state index in [1.54, 1.807) is 29.7 Å². The van der Waals surface area contributed by atoms with E-state index >= 15 is 0 Å². The van der Waals surface area contributed by atoms with Crippen LogP contribution in [0.2, 0.25) is 10.0 Å². The third kappa shape index (κ3) is 3.86. The van der Waals surface area contributed by atoms with Crippen molar-refractivity contribution in [3.63, 3.8) is 0 Å². The predicted octanol–water partition coefficient (Wildman–Crippen LogP) is 5.63. The second kappa shape index (κ2) is 9.71. The number of nitrogens with one attached hydrogen (secondary N) is 1. The summed E-state index contributed by atoms with van der Waals surface area (Å²) in [6.45, 7) is 5.94. The minimum atomic E-state index is -1.77. The van der Waals surface area contributed by atoms with E-state index in [0.717, 1.165) is 12.1 Å². The first kappa shape index (κ1) is 27.0. The Morgan fingerprint density at radius 2 is 1.88 bits per heavy atom. The van der Waals surface area contributed by atoms with Crippen molar-refractivity contribution in [3.05, 3.63) is 75.4 Å². The fourth-order valence-electron chi connectivity index (χ4n) is 5.55. The SMILES string of the molecule is CCOc1ncc(-c2nc3c(n2C(C)C)[C@]2(C(=O)Nc4cc(Cl)ccc42)N(c2cc(F)cc(Cl)c2)C3=O)c(OC)n1. The molecule has 0 bridgehead atoms. The number of ether oxygens (including phenoxy) is 2. The number of methoxy groups -OCH3 is 1. The smallest absolute Gasteiger partial charge is 0.319 e. The number of benzene rings is 2. The topological polar surface area (TPSA) is 111 Å². The van der Waals surface area contributed by atoms with E-state index in [1.165, 1.54) is 24.3 Å². The summed E-state index contributed by atoms with van der Waals surface area (Å²) in [5, 5.41) is 3.32. The van der Waals surface area contributed by atoms with Crippen LogP contribution < -0.4 is 19.7 Å². The maximum Gasteiger partial charge on any atom is 0.319 e. The van der Waals surface area contributed by atoms with Crippen LogP contribution in [-0.2, 0) is 10.3 Å². The Bertz CT molecular complexity index is 1740. The quantitative estimate of drug-likeness (QED) is 0.307. The van der Waals surface area contributed by atoms with Gasteiger partial charge in [-0.2, -0.15) is 4.98 Å². The molecule has 210 valence electrons. The van der Waals surface area contributed by atoms with Gasteiger partial charge < -0.3 is 19.4 Å². The molecule has 2 aromatic carbocycles. The molecular formula is C28H23Cl2FN6O4. The van der Waals surface area contributed by atoms with E-state index in [1.807, 2.05) is 13.8 Å². The highest BCUT2D eigenvalue weighted by molar-refractivity contribution is 6.32. The van der Waals surface area contributed by atoms with Crippen molar-refractivity contribution in [2.24, 2.45) is 0 Å². The Balaban J connectivity index is 1.69. The zero-order valence-corrected chi connectivity index (χ0v) is 23.8. The lowest BCUT2D eigenvalue weighted by Gasteiger charge is -2.35. The maximum absolute atomic E-state index is 14.6. The van der Waals surface area contributed by atoms with Gasteiger partial charge in [0.15, 0.2) is 11.2 Å². The zero-order valence-electron chi connectivity index (χ0n) is 22.3. The molecule has 4 aromatic rings. The summed E-state index contributed by atoms with van der Waals surface area (Å²) in [6, 6.07) is 8.41. The summed E-state index contributed by atoms with van der Waals surface area (Å²) in [5.41, 5.74) is -0.131. The van der Waals surface area contributed by atoms with Gasteiger partial charge in [-0.3, -0.25) is 14.5 Å². The number of amides is 2.